The standard InChI is InChI=1S/C13H22N2O2S/c1-11(2)9-13(3,10-14)15-18(16,17)12-7-5-4-6-8-12/h4-8,11,15H,9-10,14H2,1-3H3/t13-/m1/s1. The van der Waals surface area contributed by atoms with Gasteiger partial charge in [-0.3, -0.25) is 0 Å². The summed E-state index contributed by atoms with van der Waals surface area (Å²) in [7, 11) is -3.51. The molecule has 0 aromatic heterocycles. The fraction of sp³-hybridized carbons (Fsp3) is 0.538. The van der Waals surface area contributed by atoms with E-state index in [9.17, 15) is 8.42 Å². The number of benzene rings is 1. The van der Waals surface area contributed by atoms with Gasteiger partial charge in [0.2, 0.25) is 10.0 Å². The fourth-order valence-electron chi connectivity index (χ4n) is 2.05. The van der Waals surface area contributed by atoms with Crippen molar-refractivity contribution in [2.24, 2.45) is 11.7 Å². The summed E-state index contributed by atoms with van der Waals surface area (Å²) in [5.74, 6) is 0.372. The highest BCUT2D eigenvalue weighted by atomic mass is 32.2. The molecule has 0 heterocycles. The summed E-state index contributed by atoms with van der Waals surface area (Å²) in [5, 5.41) is 0. The predicted octanol–water partition coefficient (Wildman–Crippen LogP) is 1.73. The molecule has 5 heteroatoms. The third-order valence-corrected chi connectivity index (χ3v) is 4.40. The van der Waals surface area contributed by atoms with Gasteiger partial charge in [-0.15, -0.1) is 0 Å². The van der Waals surface area contributed by atoms with Crippen LogP contribution in [0.3, 0.4) is 0 Å². The maximum Gasteiger partial charge on any atom is 0.241 e. The smallest absolute Gasteiger partial charge is 0.241 e. The Morgan fingerprint density at radius 1 is 1.28 bits per heavy atom. The van der Waals surface area contributed by atoms with Crippen LogP contribution in [0.15, 0.2) is 35.2 Å². The Labute approximate surface area is 110 Å². The molecule has 0 fully saturated rings. The first-order valence-corrected chi connectivity index (χ1v) is 7.56. The molecule has 4 nitrogen and oxygen atoms in total. The summed E-state index contributed by atoms with van der Waals surface area (Å²) in [6.07, 6.45) is 0.704. The number of nitrogens with one attached hydrogen (secondary N) is 1. The van der Waals surface area contributed by atoms with Gasteiger partial charge in [0.1, 0.15) is 0 Å². The van der Waals surface area contributed by atoms with Gasteiger partial charge in [0, 0.05) is 12.1 Å². The zero-order valence-electron chi connectivity index (χ0n) is 11.2. The van der Waals surface area contributed by atoms with Crippen molar-refractivity contribution < 1.29 is 8.42 Å². The lowest BCUT2D eigenvalue weighted by Crippen LogP contribution is -2.51. The summed E-state index contributed by atoms with van der Waals surface area (Å²) < 4.78 is 27.2. The van der Waals surface area contributed by atoms with Gasteiger partial charge in [-0.1, -0.05) is 32.0 Å². The largest absolute Gasteiger partial charge is 0.329 e. The van der Waals surface area contributed by atoms with Crippen molar-refractivity contribution in [1.29, 1.82) is 0 Å². The minimum Gasteiger partial charge on any atom is -0.329 e. The molecular weight excluding hydrogens is 248 g/mol. The highest BCUT2D eigenvalue weighted by Gasteiger charge is 2.29. The average molecular weight is 270 g/mol. The molecule has 0 spiro atoms. The lowest BCUT2D eigenvalue weighted by atomic mass is 9.92. The second kappa shape index (κ2) is 5.82. The van der Waals surface area contributed by atoms with Crippen LogP contribution in [0, 0.1) is 5.92 Å². The molecule has 0 unspecified atom stereocenters. The minimum absolute atomic E-state index is 0.272. The third kappa shape index (κ3) is 4.08. The Morgan fingerprint density at radius 3 is 2.28 bits per heavy atom. The van der Waals surface area contributed by atoms with Crippen molar-refractivity contribution in [2.45, 2.75) is 37.6 Å². The van der Waals surface area contributed by atoms with E-state index in [4.69, 9.17) is 5.73 Å². The topological polar surface area (TPSA) is 72.2 Å². The Bertz CT molecular complexity index is 471. The molecule has 102 valence electrons. The van der Waals surface area contributed by atoms with Crippen molar-refractivity contribution in [3.8, 4) is 0 Å². The minimum atomic E-state index is -3.51. The normalized spacial score (nSPS) is 15.6. The van der Waals surface area contributed by atoms with Gasteiger partial charge in [-0.05, 0) is 31.4 Å². The van der Waals surface area contributed by atoms with Crippen LogP contribution in [0.25, 0.3) is 0 Å². The molecule has 0 saturated heterocycles. The molecule has 1 rings (SSSR count). The van der Waals surface area contributed by atoms with E-state index in [0.29, 0.717) is 12.3 Å². The van der Waals surface area contributed by atoms with Gasteiger partial charge >= 0.3 is 0 Å². The van der Waals surface area contributed by atoms with Crippen molar-refractivity contribution in [2.75, 3.05) is 6.54 Å². The molecule has 0 aliphatic rings. The van der Waals surface area contributed by atoms with E-state index in [1.54, 1.807) is 30.3 Å². The van der Waals surface area contributed by atoms with Crippen LogP contribution in [-0.2, 0) is 10.0 Å². The van der Waals surface area contributed by atoms with Gasteiger partial charge in [0.25, 0.3) is 0 Å². The summed E-state index contributed by atoms with van der Waals surface area (Å²) in [5.41, 5.74) is 5.11. The molecule has 0 aliphatic heterocycles. The van der Waals surface area contributed by atoms with Crippen molar-refractivity contribution in [3.05, 3.63) is 30.3 Å². The van der Waals surface area contributed by atoms with Crippen molar-refractivity contribution in [3.63, 3.8) is 0 Å². The SMILES string of the molecule is CC(C)C[C@](C)(CN)NS(=O)(=O)c1ccccc1. The zero-order valence-corrected chi connectivity index (χ0v) is 12.0. The molecule has 3 N–H and O–H groups in total. The first-order valence-electron chi connectivity index (χ1n) is 6.08. The van der Waals surface area contributed by atoms with Crippen LogP contribution < -0.4 is 10.5 Å². The second-order valence-corrected chi connectivity index (χ2v) is 6.96. The Kier molecular flexibility index (Phi) is 4.90. The van der Waals surface area contributed by atoms with E-state index in [-0.39, 0.29) is 11.4 Å². The van der Waals surface area contributed by atoms with Crippen LogP contribution in [0.1, 0.15) is 27.2 Å². The highest BCUT2D eigenvalue weighted by Crippen LogP contribution is 2.19. The van der Waals surface area contributed by atoms with Gasteiger partial charge < -0.3 is 5.73 Å². The quantitative estimate of drug-likeness (QED) is 0.827. The predicted molar refractivity (Wildman–Crippen MR) is 73.7 cm³/mol. The summed E-state index contributed by atoms with van der Waals surface area (Å²) in [6.45, 7) is 6.21. The first kappa shape index (κ1) is 15.1. The van der Waals surface area contributed by atoms with Gasteiger partial charge in [0.05, 0.1) is 4.90 Å². The third-order valence-electron chi connectivity index (χ3n) is 2.74. The van der Waals surface area contributed by atoms with E-state index >= 15 is 0 Å². The van der Waals surface area contributed by atoms with Crippen LogP contribution in [0.5, 0.6) is 0 Å². The van der Waals surface area contributed by atoms with Crippen LogP contribution in [-0.4, -0.2) is 20.5 Å². The molecule has 0 bridgehead atoms. The second-order valence-electron chi connectivity index (χ2n) is 5.28. The maximum absolute atomic E-state index is 12.2. The Balaban J connectivity index is 2.94. The Morgan fingerprint density at radius 2 is 1.83 bits per heavy atom. The summed E-state index contributed by atoms with van der Waals surface area (Å²) >= 11 is 0. The molecule has 0 saturated carbocycles. The zero-order chi connectivity index (χ0) is 13.8. The highest BCUT2D eigenvalue weighted by molar-refractivity contribution is 7.89. The number of sulfonamides is 1. The van der Waals surface area contributed by atoms with E-state index in [1.807, 2.05) is 20.8 Å². The first-order chi connectivity index (χ1) is 8.29. The van der Waals surface area contributed by atoms with Gasteiger partial charge in [0.15, 0.2) is 0 Å². The fourth-order valence-corrected chi connectivity index (χ4v) is 3.50. The van der Waals surface area contributed by atoms with Crippen molar-refractivity contribution >= 4 is 10.0 Å². The van der Waals surface area contributed by atoms with Gasteiger partial charge in [-0.25, -0.2) is 13.1 Å². The Hall–Kier alpha value is -0.910. The lowest BCUT2D eigenvalue weighted by Gasteiger charge is -2.30. The molecule has 1 aromatic rings. The summed E-state index contributed by atoms with van der Waals surface area (Å²) in [4.78, 5) is 0.272. The molecule has 18 heavy (non-hydrogen) atoms. The van der Waals surface area contributed by atoms with E-state index in [2.05, 4.69) is 4.72 Å². The lowest BCUT2D eigenvalue weighted by molar-refractivity contribution is 0.344. The number of hydrogen-bond acceptors (Lipinski definition) is 3. The van der Waals surface area contributed by atoms with E-state index in [0.717, 1.165) is 0 Å². The van der Waals surface area contributed by atoms with E-state index in [1.165, 1.54) is 0 Å². The maximum atomic E-state index is 12.2. The number of hydrogen-bond donors (Lipinski definition) is 2. The number of rotatable bonds is 6. The van der Waals surface area contributed by atoms with Crippen LogP contribution >= 0.6 is 0 Å². The van der Waals surface area contributed by atoms with Crippen molar-refractivity contribution in [1.82, 2.24) is 4.72 Å². The molecule has 1 atom stereocenters. The molecule has 0 amide bonds. The molecule has 0 aliphatic carbocycles. The van der Waals surface area contributed by atoms with Crippen LogP contribution in [0.2, 0.25) is 0 Å². The molecule has 0 radical (unpaired) electrons. The van der Waals surface area contributed by atoms with Gasteiger partial charge in [-0.2, -0.15) is 0 Å². The summed E-state index contributed by atoms with van der Waals surface area (Å²) in [6, 6.07) is 8.35. The molecule has 1 aromatic carbocycles. The molecular formula is C13H22N2O2S. The average Bonchev–Trinajstić information content (AvgIpc) is 2.28. The number of nitrogens with two attached hydrogens (primary N) is 1. The monoisotopic (exact) mass is 270 g/mol. The van der Waals surface area contributed by atoms with E-state index < -0.39 is 15.6 Å². The van der Waals surface area contributed by atoms with Crippen LogP contribution in [0.4, 0.5) is 0 Å².